The minimum atomic E-state index is -0.771. The normalized spacial score (nSPS) is 12.3. The average Bonchev–Trinajstić information content (AvgIpc) is 2.48. The molecule has 1 aromatic carbocycles. The highest BCUT2D eigenvalue weighted by Gasteiger charge is 2.26. The van der Waals surface area contributed by atoms with Crippen molar-refractivity contribution >= 4 is 5.97 Å². The fourth-order valence-electron chi connectivity index (χ4n) is 3.16. The minimum absolute atomic E-state index is 0.0850. The van der Waals surface area contributed by atoms with E-state index in [-0.39, 0.29) is 11.5 Å². The molecule has 1 rings (SSSR count). The van der Waals surface area contributed by atoms with Crippen molar-refractivity contribution in [3.8, 4) is 11.5 Å². The maximum absolute atomic E-state index is 11.2. The number of hydrogen-bond acceptors (Lipinski definition) is 3. The molecular formula is C22H36O4. The molecule has 4 heteroatoms. The van der Waals surface area contributed by atoms with Gasteiger partial charge >= 0.3 is 5.97 Å². The molecule has 0 saturated heterocycles. The zero-order valence-electron chi connectivity index (χ0n) is 17.1. The summed E-state index contributed by atoms with van der Waals surface area (Å²) in [6, 6.07) is 3.15. The molecule has 0 bridgehead atoms. The fourth-order valence-corrected chi connectivity index (χ4v) is 3.16. The van der Waals surface area contributed by atoms with Gasteiger partial charge in [-0.05, 0) is 75.0 Å². The number of carboxylic acids is 1. The van der Waals surface area contributed by atoms with Gasteiger partial charge in [0.1, 0.15) is 11.5 Å². The zero-order chi connectivity index (χ0) is 20.0. The number of aryl methyl sites for hydroxylation is 1. The van der Waals surface area contributed by atoms with E-state index in [9.17, 15) is 20.1 Å². The molecular weight excluding hydrogens is 328 g/mol. The molecule has 4 nitrogen and oxygen atoms in total. The van der Waals surface area contributed by atoms with Crippen LogP contribution in [0.25, 0.3) is 0 Å². The Hall–Kier alpha value is -1.71. The van der Waals surface area contributed by atoms with E-state index in [0.717, 1.165) is 56.1 Å². The van der Waals surface area contributed by atoms with Crippen LogP contribution < -0.4 is 0 Å². The second kappa shape index (κ2) is 9.29. The van der Waals surface area contributed by atoms with Crippen LogP contribution in [0, 0.1) is 10.8 Å². The summed E-state index contributed by atoms with van der Waals surface area (Å²) in [7, 11) is 0. The number of benzene rings is 1. The van der Waals surface area contributed by atoms with Crippen LogP contribution in [0.2, 0.25) is 0 Å². The van der Waals surface area contributed by atoms with Gasteiger partial charge in [0.15, 0.2) is 0 Å². The molecule has 0 aliphatic carbocycles. The Morgan fingerprint density at radius 1 is 0.885 bits per heavy atom. The number of phenolic OH excluding ortho intramolecular Hbond substituents is 2. The smallest absolute Gasteiger partial charge is 0.309 e. The third-order valence-electron chi connectivity index (χ3n) is 4.98. The molecule has 0 fully saturated rings. The van der Waals surface area contributed by atoms with E-state index in [1.54, 1.807) is 19.9 Å². The topological polar surface area (TPSA) is 77.8 Å². The molecule has 0 heterocycles. The highest BCUT2D eigenvalue weighted by Crippen LogP contribution is 2.31. The van der Waals surface area contributed by atoms with E-state index in [0.29, 0.717) is 11.8 Å². The Bertz CT molecular complexity index is 597. The molecule has 0 radical (unpaired) electrons. The van der Waals surface area contributed by atoms with Crippen LogP contribution in [0.15, 0.2) is 12.1 Å². The lowest BCUT2D eigenvalue weighted by molar-refractivity contribution is -0.147. The number of carboxylic acid groups (broad SMARTS) is 1. The first-order valence-electron chi connectivity index (χ1n) is 9.69. The molecule has 26 heavy (non-hydrogen) atoms. The maximum atomic E-state index is 11.2. The highest BCUT2D eigenvalue weighted by molar-refractivity contribution is 5.73. The zero-order valence-corrected chi connectivity index (χ0v) is 17.1. The largest absolute Gasteiger partial charge is 0.508 e. The Morgan fingerprint density at radius 2 is 1.46 bits per heavy atom. The third kappa shape index (κ3) is 7.67. The average molecular weight is 365 g/mol. The summed E-state index contributed by atoms with van der Waals surface area (Å²) in [5.41, 5.74) is 1.51. The lowest BCUT2D eigenvalue weighted by Gasteiger charge is -2.19. The summed E-state index contributed by atoms with van der Waals surface area (Å²) in [5, 5.41) is 29.3. The van der Waals surface area contributed by atoms with Crippen LogP contribution in [0.3, 0.4) is 0 Å². The van der Waals surface area contributed by atoms with E-state index < -0.39 is 11.4 Å². The lowest BCUT2D eigenvalue weighted by Crippen LogP contribution is -2.23. The van der Waals surface area contributed by atoms with Crippen molar-refractivity contribution in [2.45, 2.75) is 86.0 Å². The fraction of sp³-hybridized carbons (Fsp3) is 0.682. The molecule has 148 valence electrons. The van der Waals surface area contributed by atoms with E-state index >= 15 is 0 Å². The van der Waals surface area contributed by atoms with Crippen LogP contribution in [0.5, 0.6) is 11.5 Å². The van der Waals surface area contributed by atoms with Gasteiger partial charge in [0.25, 0.3) is 0 Å². The van der Waals surface area contributed by atoms with E-state index in [1.807, 2.05) is 0 Å². The van der Waals surface area contributed by atoms with Crippen LogP contribution in [0.4, 0.5) is 0 Å². The predicted molar refractivity (Wildman–Crippen MR) is 106 cm³/mol. The highest BCUT2D eigenvalue weighted by atomic mass is 16.4. The molecule has 0 aliphatic heterocycles. The summed E-state index contributed by atoms with van der Waals surface area (Å²) < 4.78 is 0. The van der Waals surface area contributed by atoms with E-state index in [1.165, 1.54) is 6.07 Å². The van der Waals surface area contributed by atoms with Crippen LogP contribution in [0.1, 0.15) is 84.3 Å². The molecule has 0 atom stereocenters. The van der Waals surface area contributed by atoms with E-state index in [2.05, 4.69) is 20.8 Å². The predicted octanol–water partition coefficient (Wildman–Crippen LogP) is 5.68. The van der Waals surface area contributed by atoms with Gasteiger partial charge in [-0.1, -0.05) is 33.6 Å². The first-order chi connectivity index (χ1) is 11.9. The summed E-state index contributed by atoms with van der Waals surface area (Å²) in [4.78, 5) is 11.2. The van der Waals surface area contributed by atoms with Crippen LogP contribution in [-0.2, 0) is 17.6 Å². The molecule has 0 amide bonds. The van der Waals surface area contributed by atoms with Crippen molar-refractivity contribution < 1.29 is 20.1 Å². The molecule has 0 spiro atoms. The maximum Gasteiger partial charge on any atom is 0.309 e. The van der Waals surface area contributed by atoms with Gasteiger partial charge in [-0.15, -0.1) is 0 Å². The summed E-state index contributed by atoms with van der Waals surface area (Å²) in [6.07, 6.45) is 7.07. The second-order valence-electron chi connectivity index (χ2n) is 9.27. The number of aromatic hydroxyl groups is 2. The summed E-state index contributed by atoms with van der Waals surface area (Å²) >= 11 is 0. The summed E-state index contributed by atoms with van der Waals surface area (Å²) in [6.45, 7) is 10.2. The Balaban J connectivity index is 2.65. The summed E-state index contributed by atoms with van der Waals surface area (Å²) in [5.74, 6) is -0.518. The lowest BCUT2D eigenvalue weighted by atomic mass is 9.86. The minimum Gasteiger partial charge on any atom is -0.508 e. The number of phenols is 2. The Kier molecular flexibility index (Phi) is 7.98. The SMILES string of the molecule is CC(C)(C)CCCCc1c(O)cc(O)cc1CCCCC(C)(C)C(=O)O. The first kappa shape index (κ1) is 22.3. The van der Waals surface area contributed by atoms with Crippen molar-refractivity contribution in [3.63, 3.8) is 0 Å². The van der Waals surface area contributed by atoms with Crippen molar-refractivity contribution in [3.05, 3.63) is 23.3 Å². The van der Waals surface area contributed by atoms with Gasteiger partial charge in [0, 0.05) is 6.07 Å². The van der Waals surface area contributed by atoms with Crippen molar-refractivity contribution in [1.82, 2.24) is 0 Å². The van der Waals surface area contributed by atoms with Crippen molar-refractivity contribution in [1.29, 1.82) is 0 Å². The molecule has 3 N–H and O–H groups in total. The Labute approximate surface area is 158 Å². The van der Waals surface area contributed by atoms with Crippen LogP contribution >= 0.6 is 0 Å². The van der Waals surface area contributed by atoms with Crippen LogP contribution in [-0.4, -0.2) is 21.3 Å². The van der Waals surface area contributed by atoms with Gasteiger partial charge in [-0.3, -0.25) is 4.79 Å². The molecule has 1 aromatic rings. The number of unbranched alkanes of at least 4 members (excludes halogenated alkanes) is 2. The van der Waals surface area contributed by atoms with Crippen molar-refractivity contribution in [2.75, 3.05) is 0 Å². The Morgan fingerprint density at radius 3 is 2.04 bits per heavy atom. The molecule has 0 aromatic heterocycles. The van der Waals surface area contributed by atoms with Gasteiger partial charge in [-0.2, -0.15) is 0 Å². The van der Waals surface area contributed by atoms with Gasteiger partial charge in [0.2, 0.25) is 0 Å². The number of rotatable bonds is 10. The number of hydrogen-bond donors (Lipinski definition) is 3. The standard InChI is InChI=1S/C22H36O4/c1-21(2,3)12-8-7-11-18-16(14-17(23)15-19(18)24)10-6-9-13-22(4,5)20(25)26/h14-15,23-24H,6-13H2,1-5H3,(H,25,26). The number of carbonyl (C=O) groups is 1. The first-order valence-corrected chi connectivity index (χ1v) is 9.69. The van der Waals surface area contributed by atoms with Crippen molar-refractivity contribution in [2.24, 2.45) is 10.8 Å². The number of aliphatic carboxylic acids is 1. The monoisotopic (exact) mass is 364 g/mol. The van der Waals surface area contributed by atoms with Gasteiger partial charge < -0.3 is 15.3 Å². The third-order valence-corrected chi connectivity index (χ3v) is 4.98. The molecule has 0 aliphatic rings. The van der Waals surface area contributed by atoms with Gasteiger partial charge in [0.05, 0.1) is 5.41 Å². The van der Waals surface area contributed by atoms with Gasteiger partial charge in [-0.25, -0.2) is 0 Å². The molecule has 0 saturated carbocycles. The quantitative estimate of drug-likeness (QED) is 0.467. The van der Waals surface area contributed by atoms with E-state index in [4.69, 9.17) is 0 Å². The second-order valence-corrected chi connectivity index (χ2v) is 9.27. The molecule has 0 unspecified atom stereocenters.